The van der Waals surface area contributed by atoms with E-state index >= 15 is 0 Å². The fourth-order valence-corrected chi connectivity index (χ4v) is 4.78. The molecule has 10 heteroatoms. The summed E-state index contributed by atoms with van der Waals surface area (Å²) in [5.74, 6) is 0.445. The second-order valence-electron chi connectivity index (χ2n) is 7.81. The predicted octanol–water partition coefficient (Wildman–Crippen LogP) is 1.24. The lowest BCUT2D eigenvalue weighted by atomic mass is 9.92. The zero-order valence-electron chi connectivity index (χ0n) is 16.2. The molecule has 9 nitrogen and oxygen atoms in total. The van der Waals surface area contributed by atoms with E-state index in [9.17, 15) is 13.2 Å². The Morgan fingerprint density at radius 2 is 1.89 bits per heavy atom. The fraction of sp³-hybridized carbons (Fsp3) is 0.611. The van der Waals surface area contributed by atoms with Gasteiger partial charge in [0.1, 0.15) is 0 Å². The molecular formula is C18H26N6O3S. The summed E-state index contributed by atoms with van der Waals surface area (Å²) < 4.78 is 26.6. The van der Waals surface area contributed by atoms with Crippen LogP contribution in [0.4, 0.5) is 11.6 Å². The maximum absolute atomic E-state index is 12.8. The monoisotopic (exact) mass is 406 g/mol. The number of nitrogens with one attached hydrogen (secondary N) is 1. The van der Waals surface area contributed by atoms with Gasteiger partial charge in [-0.15, -0.1) is 0 Å². The van der Waals surface area contributed by atoms with Crippen LogP contribution in [0.1, 0.15) is 43.7 Å². The SMILES string of the molecule is Cc1c(N)c2cnc(NC3CCN(S(C)(=O)=O)CC3)nc2n(C2CCC2)c1=O. The number of pyridine rings is 1. The van der Waals surface area contributed by atoms with Gasteiger partial charge in [0.15, 0.2) is 5.65 Å². The third-order valence-electron chi connectivity index (χ3n) is 5.93. The first kappa shape index (κ1) is 19.1. The lowest BCUT2D eigenvalue weighted by Gasteiger charge is -2.31. The van der Waals surface area contributed by atoms with Crippen molar-refractivity contribution in [1.29, 1.82) is 0 Å². The second kappa shape index (κ2) is 7.00. The van der Waals surface area contributed by atoms with Crippen molar-refractivity contribution in [3.05, 3.63) is 22.1 Å². The largest absolute Gasteiger partial charge is 0.398 e. The van der Waals surface area contributed by atoms with E-state index in [-0.39, 0.29) is 17.6 Å². The molecule has 0 amide bonds. The Hall–Kier alpha value is -2.20. The fourth-order valence-electron chi connectivity index (χ4n) is 3.91. The van der Waals surface area contributed by atoms with Crippen LogP contribution < -0.4 is 16.6 Å². The van der Waals surface area contributed by atoms with E-state index < -0.39 is 10.0 Å². The third kappa shape index (κ3) is 3.35. The number of sulfonamides is 1. The number of rotatable bonds is 4. The first-order chi connectivity index (χ1) is 13.3. The van der Waals surface area contributed by atoms with Crippen molar-refractivity contribution in [2.45, 2.75) is 51.1 Å². The number of nitrogen functional groups attached to an aromatic ring is 1. The summed E-state index contributed by atoms with van der Waals surface area (Å²) in [4.78, 5) is 21.8. The number of nitrogens with two attached hydrogens (primary N) is 1. The van der Waals surface area contributed by atoms with Crippen LogP contribution in [0, 0.1) is 6.92 Å². The van der Waals surface area contributed by atoms with E-state index in [0.717, 1.165) is 19.3 Å². The maximum atomic E-state index is 12.8. The minimum atomic E-state index is -3.15. The zero-order valence-corrected chi connectivity index (χ0v) is 17.0. The Morgan fingerprint density at radius 1 is 1.21 bits per heavy atom. The highest BCUT2D eigenvalue weighted by atomic mass is 32.2. The molecule has 0 spiro atoms. The van der Waals surface area contributed by atoms with Crippen LogP contribution in [-0.2, 0) is 10.0 Å². The van der Waals surface area contributed by atoms with Crippen molar-refractivity contribution in [3.8, 4) is 0 Å². The van der Waals surface area contributed by atoms with Crippen molar-refractivity contribution in [1.82, 2.24) is 18.8 Å². The van der Waals surface area contributed by atoms with E-state index in [1.165, 1.54) is 10.6 Å². The van der Waals surface area contributed by atoms with Crippen LogP contribution >= 0.6 is 0 Å². The molecule has 3 heterocycles. The number of nitrogens with zero attached hydrogens (tertiary/aromatic N) is 4. The van der Waals surface area contributed by atoms with Gasteiger partial charge in [-0.05, 0) is 39.0 Å². The Bertz CT molecular complexity index is 1070. The van der Waals surface area contributed by atoms with E-state index in [2.05, 4.69) is 15.3 Å². The van der Waals surface area contributed by atoms with E-state index in [1.807, 2.05) is 0 Å². The molecule has 1 aliphatic carbocycles. The van der Waals surface area contributed by atoms with Crippen LogP contribution in [0.2, 0.25) is 0 Å². The van der Waals surface area contributed by atoms with E-state index in [4.69, 9.17) is 5.73 Å². The summed E-state index contributed by atoms with van der Waals surface area (Å²) in [6, 6.07) is 0.247. The highest BCUT2D eigenvalue weighted by molar-refractivity contribution is 7.88. The molecule has 0 bridgehead atoms. The van der Waals surface area contributed by atoms with E-state index in [0.29, 0.717) is 54.2 Å². The highest BCUT2D eigenvalue weighted by Gasteiger charge is 2.27. The number of anilines is 2. The molecule has 0 atom stereocenters. The molecule has 0 aromatic carbocycles. The normalized spacial score (nSPS) is 19.6. The van der Waals surface area contributed by atoms with Gasteiger partial charge in [-0.1, -0.05) is 0 Å². The minimum absolute atomic E-state index is 0.0826. The lowest BCUT2D eigenvalue weighted by molar-refractivity contribution is 0.313. The number of piperidine rings is 1. The van der Waals surface area contributed by atoms with Crippen molar-refractivity contribution < 1.29 is 8.42 Å². The Kier molecular flexibility index (Phi) is 4.78. The molecule has 2 aliphatic rings. The van der Waals surface area contributed by atoms with Crippen molar-refractivity contribution in [2.75, 3.05) is 30.4 Å². The minimum Gasteiger partial charge on any atom is -0.398 e. The summed E-state index contributed by atoms with van der Waals surface area (Å²) in [7, 11) is -3.15. The summed E-state index contributed by atoms with van der Waals surface area (Å²) >= 11 is 0. The maximum Gasteiger partial charge on any atom is 0.257 e. The molecule has 1 saturated carbocycles. The van der Waals surface area contributed by atoms with Gasteiger partial charge in [-0.2, -0.15) is 4.98 Å². The van der Waals surface area contributed by atoms with Crippen LogP contribution in [0.5, 0.6) is 0 Å². The van der Waals surface area contributed by atoms with Gasteiger partial charge in [-0.3, -0.25) is 9.36 Å². The molecular weight excluding hydrogens is 380 g/mol. The predicted molar refractivity (Wildman–Crippen MR) is 109 cm³/mol. The van der Waals surface area contributed by atoms with Crippen LogP contribution in [0.3, 0.4) is 0 Å². The Labute approximate surface area is 164 Å². The average molecular weight is 407 g/mol. The van der Waals surface area contributed by atoms with Crippen LogP contribution in [0.15, 0.2) is 11.0 Å². The Morgan fingerprint density at radius 3 is 2.46 bits per heavy atom. The molecule has 3 N–H and O–H groups in total. The summed E-state index contributed by atoms with van der Waals surface area (Å²) in [6.45, 7) is 2.69. The van der Waals surface area contributed by atoms with Gasteiger partial charge >= 0.3 is 0 Å². The zero-order chi connectivity index (χ0) is 20.1. The molecule has 2 fully saturated rings. The average Bonchev–Trinajstić information content (AvgIpc) is 2.61. The second-order valence-corrected chi connectivity index (χ2v) is 9.79. The molecule has 2 aromatic heterocycles. The van der Waals surface area contributed by atoms with Crippen molar-refractivity contribution >= 4 is 32.7 Å². The topological polar surface area (TPSA) is 123 Å². The number of fused-ring (bicyclic) bond motifs is 1. The Balaban J connectivity index is 1.63. The van der Waals surface area contributed by atoms with Crippen LogP contribution in [0.25, 0.3) is 11.0 Å². The number of aromatic nitrogens is 3. The number of hydrogen-bond acceptors (Lipinski definition) is 7. The molecule has 1 saturated heterocycles. The number of hydrogen-bond donors (Lipinski definition) is 2. The van der Waals surface area contributed by atoms with Crippen molar-refractivity contribution in [3.63, 3.8) is 0 Å². The highest BCUT2D eigenvalue weighted by Crippen LogP contribution is 2.34. The molecule has 152 valence electrons. The molecule has 4 rings (SSSR count). The molecule has 2 aromatic rings. The van der Waals surface area contributed by atoms with Gasteiger partial charge < -0.3 is 11.1 Å². The van der Waals surface area contributed by atoms with Gasteiger partial charge in [-0.25, -0.2) is 17.7 Å². The molecule has 1 aliphatic heterocycles. The lowest BCUT2D eigenvalue weighted by Crippen LogP contribution is -2.42. The molecule has 0 radical (unpaired) electrons. The van der Waals surface area contributed by atoms with Crippen molar-refractivity contribution in [2.24, 2.45) is 0 Å². The summed E-state index contributed by atoms with van der Waals surface area (Å²) in [5, 5.41) is 4.00. The first-order valence-electron chi connectivity index (χ1n) is 9.64. The molecule has 28 heavy (non-hydrogen) atoms. The van der Waals surface area contributed by atoms with Gasteiger partial charge in [0.05, 0.1) is 17.3 Å². The third-order valence-corrected chi connectivity index (χ3v) is 7.23. The standard InChI is InChI=1S/C18H26N6O3S/c1-11-15(19)14-10-20-18(21-12-6-8-23(9-7-12)28(2,26)27)22-16(14)24(17(11)25)13-4-3-5-13/h10,12-13H,3-9,19H2,1-2H3,(H,20,21,22). The van der Waals surface area contributed by atoms with Gasteiger partial charge in [0.25, 0.3) is 5.56 Å². The summed E-state index contributed by atoms with van der Waals surface area (Å²) in [6.07, 6.45) is 7.31. The molecule has 0 unspecified atom stereocenters. The van der Waals surface area contributed by atoms with Gasteiger partial charge in [0.2, 0.25) is 16.0 Å². The van der Waals surface area contributed by atoms with E-state index in [1.54, 1.807) is 17.7 Å². The smallest absolute Gasteiger partial charge is 0.257 e. The first-order valence-corrected chi connectivity index (χ1v) is 11.5. The van der Waals surface area contributed by atoms with Crippen LogP contribution in [-0.4, -0.2) is 52.6 Å². The quantitative estimate of drug-likeness (QED) is 0.783. The summed E-state index contributed by atoms with van der Waals surface area (Å²) in [5.41, 5.74) is 7.62. The van der Waals surface area contributed by atoms with Gasteiger partial charge in [0, 0.05) is 36.9 Å².